The molecule has 1 amide bonds. The highest BCUT2D eigenvalue weighted by Gasteiger charge is 2.18. The number of carbonyl (C=O) groups is 1. The van der Waals surface area contributed by atoms with Crippen LogP contribution in [0.5, 0.6) is 5.75 Å². The molecular weight excluding hydrogens is 512 g/mol. The van der Waals surface area contributed by atoms with Crippen molar-refractivity contribution in [2.24, 2.45) is 0 Å². The van der Waals surface area contributed by atoms with Crippen molar-refractivity contribution in [1.82, 2.24) is 0 Å². The van der Waals surface area contributed by atoms with Gasteiger partial charge in [-0.25, -0.2) is 0 Å². The Labute approximate surface area is 247 Å². The van der Waals surface area contributed by atoms with E-state index in [0.717, 1.165) is 43.0 Å². The van der Waals surface area contributed by atoms with Gasteiger partial charge in [-0.15, -0.1) is 0 Å². The molecule has 0 saturated carbocycles. The Hall–Kier alpha value is -2.66. The molecule has 0 atom stereocenters. The average Bonchev–Trinajstić information content (AvgIpc) is 3.37. The Morgan fingerprint density at radius 1 is 0.850 bits per heavy atom. The van der Waals surface area contributed by atoms with Crippen molar-refractivity contribution < 1.29 is 14.1 Å². The second kappa shape index (κ2) is 18.6. The van der Waals surface area contributed by atoms with Crippen LogP contribution in [0.4, 0.5) is 5.69 Å². The van der Waals surface area contributed by atoms with Gasteiger partial charge in [-0.05, 0) is 43.5 Å². The van der Waals surface area contributed by atoms with Crippen molar-refractivity contribution in [3.05, 3.63) is 76.2 Å². The van der Waals surface area contributed by atoms with Gasteiger partial charge in [0.25, 0.3) is 0 Å². The number of hydrogen-bond acceptors (Lipinski definition) is 3. The second-order valence-corrected chi connectivity index (χ2v) is 12.2. The van der Waals surface area contributed by atoms with Gasteiger partial charge in [0.1, 0.15) is 5.75 Å². The van der Waals surface area contributed by atoms with Gasteiger partial charge >= 0.3 is 0 Å². The van der Waals surface area contributed by atoms with Crippen LogP contribution in [0.15, 0.2) is 60.2 Å². The minimum Gasteiger partial charge on any atom is -0.494 e. The third-order valence-corrected chi connectivity index (χ3v) is 8.40. The fourth-order valence-electron chi connectivity index (χ4n) is 5.21. The maximum Gasteiger partial charge on any atom is 0.225 e. The van der Waals surface area contributed by atoms with E-state index in [1.54, 1.807) is 18.3 Å². The SMILES string of the molecule is CCCCCCCCCCCCCCOc1ccc(CCN(C(C)=O)c2ccccc2C[n+]2csc(C)c2)cc1. The molecule has 0 fully saturated rings. The number of thiazole rings is 1. The molecule has 0 radical (unpaired) electrons. The Morgan fingerprint density at radius 3 is 2.08 bits per heavy atom. The molecule has 0 N–H and O–H groups in total. The van der Waals surface area contributed by atoms with Crippen LogP contribution in [0.25, 0.3) is 0 Å². The quantitative estimate of drug-likeness (QED) is 0.101. The highest BCUT2D eigenvalue weighted by Crippen LogP contribution is 2.22. The number of unbranched alkanes of at least 4 members (excludes halogenated alkanes) is 11. The number of aromatic nitrogens is 1. The van der Waals surface area contributed by atoms with Crippen molar-refractivity contribution in [2.45, 2.75) is 111 Å². The molecule has 3 rings (SSSR count). The molecule has 0 aliphatic carbocycles. The summed E-state index contributed by atoms with van der Waals surface area (Å²) in [4.78, 5) is 15.8. The Kier molecular flexibility index (Phi) is 14.9. The standard InChI is InChI=1S/C35H51N2O2S/c1-4-5-6-7-8-9-10-11-12-13-14-17-26-39-34-22-20-32(21-23-34)24-25-37(31(3)38)35-19-16-15-18-33(35)28-36-27-30(2)40-29-36/h15-16,18-23,27,29H,4-14,17,24-26,28H2,1-3H3/q+1. The lowest BCUT2D eigenvalue weighted by Crippen LogP contribution is -2.35. The number of nitrogens with zero attached hydrogens (tertiary/aromatic N) is 2. The molecule has 2 aromatic carbocycles. The highest BCUT2D eigenvalue weighted by atomic mass is 32.1. The van der Waals surface area contributed by atoms with Crippen molar-refractivity contribution >= 4 is 22.9 Å². The van der Waals surface area contributed by atoms with Crippen molar-refractivity contribution in [3.8, 4) is 5.75 Å². The van der Waals surface area contributed by atoms with E-state index < -0.39 is 0 Å². The van der Waals surface area contributed by atoms with Crippen LogP contribution in [0.3, 0.4) is 0 Å². The van der Waals surface area contributed by atoms with E-state index in [1.165, 1.54) is 81.1 Å². The smallest absolute Gasteiger partial charge is 0.225 e. The van der Waals surface area contributed by atoms with Crippen LogP contribution in [0.2, 0.25) is 0 Å². The Morgan fingerprint density at radius 2 is 1.48 bits per heavy atom. The predicted octanol–water partition coefficient (Wildman–Crippen LogP) is 9.07. The molecular formula is C35H51N2O2S+. The first-order valence-corrected chi connectivity index (χ1v) is 16.5. The monoisotopic (exact) mass is 563 g/mol. The lowest BCUT2D eigenvalue weighted by atomic mass is 10.1. The van der Waals surface area contributed by atoms with Crippen LogP contribution in [0, 0.1) is 6.92 Å². The zero-order valence-electron chi connectivity index (χ0n) is 25.2. The third kappa shape index (κ3) is 11.8. The maximum absolute atomic E-state index is 12.6. The molecule has 1 aromatic heterocycles. The highest BCUT2D eigenvalue weighted by molar-refractivity contribution is 7.09. The van der Waals surface area contributed by atoms with Crippen LogP contribution < -0.4 is 14.2 Å². The largest absolute Gasteiger partial charge is 0.494 e. The van der Waals surface area contributed by atoms with Crippen LogP contribution in [-0.4, -0.2) is 19.1 Å². The number of aryl methyl sites for hydroxylation is 1. The Bertz CT molecular complexity index is 1110. The van der Waals surface area contributed by atoms with E-state index in [4.69, 9.17) is 4.74 Å². The molecule has 40 heavy (non-hydrogen) atoms. The van der Waals surface area contributed by atoms with Crippen molar-refractivity contribution in [1.29, 1.82) is 0 Å². The average molecular weight is 564 g/mol. The maximum atomic E-state index is 12.6. The summed E-state index contributed by atoms with van der Waals surface area (Å²) in [5.74, 6) is 1.00. The molecule has 5 heteroatoms. The number of carbonyl (C=O) groups excluding carboxylic acids is 1. The van der Waals surface area contributed by atoms with Crippen LogP contribution >= 0.6 is 11.3 Å². The number of hydrogen-bond donors (Lipinski definition) is 0. The fraction of sp³-hybridized carbons (Fsp3) is 0.543. The number of benzene rings is 2. The number of ether oxygens (including phenoxy) is 1. The number of anilines is 1. The fourth-order valence-corrected chi connectivity index (χ4v) is 5.84. The molecule has 0 aliphatic rings. The Balaban J connectivity index is 1.35. The molecule has 3 aromatic rings. The zero-order chi connectivity index (χ0) is 28.4. The molecule has 0 unspecified atom stereocenters. The van der Waals surface area contributed by atoms with Gasteiger partial charge in [-0.2, -0.15) is 4.57 Å². The van der Waals surface area contributed by atoms with Gasteiger partial charge in [0.05, 0.1) is 17.2 Å². The molecule has 218 valence electrons. The molecule has 4 nitrogen and oxygen atoms in total. The zero-order valence-corrected chi connectivity index (χ0v) is 26.0. The molecule has 0 aliphatic heterocycles. The first-order valence-electron chi connectivity index (χ1n) is 15.6. The summed E-state index contributed by atoms with van der Waals surface area (Å²) in [6, 6.07) is 16.6. The summed E-state index contributed by atoms with van der Waals surface area (Å²) >= 11 is 1.74. The predicted molar refractivity (Wildman–Crippen MR) is 170 cm³/mol. The van der Waals surface area contributed by atoms with Crippen molar-refractivity contribution in [2.75, 3.05) is 18.1 Å². The molecule has 1 heterocycles. The van der Waals surface area contributed by atoms with E-state index in [1.807, 2.05) is 17.0 Å². The summed E-state index contributed by atoms with van der Waals surface area (Å²) in [5.41, 5.74) is 5.49. The summed E-state index contributed by atoms with van der Waals surface area (Å²) < 4.78 is 8.18. The third-order valence-electron chi connectivity index (χ3n) is 7.55. The van der Waals surface area contributed by atoms with Gasteiger partial charge < -0.3 is 9.64 Å². The molecule has 0 saturated heterocycles. The van der Waals surface area contributed by atoms with E-state index in [-0.39, 0.29) is 5.91 Å². The van der Waals surface area contributed by atoms with E-state index in [9.17, 15) is 4.79 Å². The van der Waals surface area contributed by atoms with Gasteiger partial charge in [0.15, 0.2) is 12.7 Å². The second-order valence-electron chi connectivity index (χ2n) is 11.1. The van der Waals surface area contributed by atoms with Crippen LogP contribution in [0.1, 0.15) is 107 Å². The van der Waals surface area contributed by atoms with E-state index in [0.29, 0.717) is 6.54 Å². The van der Waals surface area contributed by atoms with Gasteiger partial charge in [-0.3, -0.25) is 4.79 Å². The lowest BCUT2D eigenvalue weighted by Gasteiger charge is -2.23. The summed E-state index contributed by atoms with van der Waals surface area (Å²) in [6.07, 6.45) is 19.2. The van der Waals surface area contributed by atoms with E-state index >= 15 is 0 Å². The first kappa shape index (κ1) is 31.9. The topological polar surface area (TPSA) is 33.4 Å². The lowest BCUT2D eigenvalue weighted by molar-refractivity contribution is -0.683. The van der Waals surface area contributed by atoms with Gasteiger partial charge in [0, 0.05) is 19.0 Å². The van der Waals surface area contributed by atoms with Gasteiger partial charge in [-0.1, -0.05) is 119 Å². The normalized spacial score (nSPS) is 11.1. The molecule has 0 spiro atoms. The summed E-state index contributed by atoms with van der Waals surface area (Å²) in [5, 5.41) is 0. The van der Waals surface area contributed by atoms with E-state index in [2.05, 4.69) is 66.5 Å². The number of para-hydroxylation sites is 1. The van der Waals surface area contributed by atoms with Crippen LogP contribution in [-0.2, 0) is 17.8 Å². The minimum absolute atomic E-state index is 0.0707. The molecule has 0 bridgehead atoms. The summed E-state index contributed by atoms with van der Waals surface area (Å²) in [6.45, 7) is 8.25. The minimum atomic E-state index is 0.0707. The van der Waals surface area contributed by atoms with Gasteiger partial charge in [0.2, 0.25) is 11.4 Å². The first-order chi connectivity index (χ1) is 19.6. The number of rotatable bonds is 20. The number of amides is 1. The summed E-state index contributed by atoms with van der Waals surface area (Å²) in [7, 11) is 0. The van der Waals surface area contributed by atoms with Crippen molar-refractivity contribution in [3.63, 3.8) is 0 Å².